The van der Waals surface area contributed by atoms with Crippen LogP contribution in [0.2, 0.25) is 5.02 Å². The summed E-state index contributed by atoms with van der Waals surface area (Å²) in [6.45, 7) is 0. The summed E-state index contributed by atoms with van der Waals surface area (Å²) in [6.07, 6.45) is -0.347. The Balaban J connectivity index is 1.98. The maximum Gasteiger partial charge on any atom is 0.183 e. The van der Waals surface area contributed by atoms with Gasteiger partial charge in [0.1, 0.15) is 5.82 Å². The normalized spacial score (nSPS) is 11.1. The Hall–Kier alpha value is -1.07. The van der Waals surface area contributed by atoms with Gasteiger partial charge in [-0.3, -0.25) is 0 Å². The van der Waals surface area contributed by atoms with E-state index in [2.05, 4.69) is 0 Å². The van der Waals surface area contributed by atoms with Crippen LogP contribution >= 0.6 is 23.4 Å². The first kappa shape index (κ1) is 16.3. The molecule has 0 aliphatic rings. The monoisotopic (exact) mass is 326 g/mol. The van der Waals surface area contributed by atoms with E-state index in [9.17, 15) is 4.39 Å². The van der Waals surface area contributed by atoms with Gasteiger partial charge in [0.05, 0.1) is 5.02 Å². The predicted molar refractivity (Wildman–Crippen MR) is 84.2 cm³/mol. The van der Waals surface area contributed by atoms with Crippen molar-refractivity contribution in [1.29, 1.82) is 0 Å². The molecule has 0 bridgehead atoms. The van der Waals surface area contributed by atoms with Gasteiger partial charge in [0.2, 0.25) is 0 Å². The number of hydrogen-bond donors (Lipinski definition) is 0. The zero-order valence-electron chi connectivity index (χ0n) is 11.8. The molecule has 2 rings (SSSR count). The summed E-state index contributed by atoms with van der Waals surface area (Å²) in [5.74, 6) is 0.345. The highest BCUT2D eigenvalue weighted by molar-refractivity contribution is 7.98. The van der Waals surface area contributed by atoms with E-state index < -0.39 is 0 Å². The van der Waals surface area contributed by atoms with Crippen molar-refractivity contribution in [2.24, 2.45) is 0 Å². The van der Waals surface area contributed by atoms with E-state index in [-0.39, 0.29) is 17.1 Å². The van der Waals surface area contributed by atoms with Crippen molar-refractivity contribution in [3.05, 3.63) is 64.4 Å². The molecule has 0 aliphatic carbocycles. The minimum Gasteiger partial charge on any atom is -0.352 e. The van der Waals surface area contributed by atoms with Crippen LogP contribution in [-0.2, 0) is 15.2 Å². The Kier molecular flexibility index (Phi) is 6.06. The van der Waals surface area contributed by atoms with E-state index in [1.165, 1.54) is 6.07 Å². The van der Waals surface area contributed by atoms with E-state index in [4.69, 9.17) is 21.1 Å². The highest BCUT2D eigenvalue weighted by Gasteiger charge is 2.08. The Morgan fingerprint density at radius 2 is 1.76 bits per heavy atom. The summed E-state index contributed by atoms with van der Waals surface area (Å²) < 4.78 is 23.5. The first-order chi connectivity index (χ1) is 10.1. The summed E-state index contributed by atoms with van der Waals surface area (Å²) in [4.78, 5) is 1.12. The molecule has 2 aromatic carbocycles. The van der Waals surface area contributed by atoms with E-state index in [1.807, 2.05) is 24.3 Å². The van der Waals surface area contributed by atoms with Crippen LogP contribution in [0, 0.1) is 5.82 Å². The van der Waals surface area contributed by atoms with Crippen LogP contribution in [0.3, 0.4) is 0 Å². The summed E-state index contributed by atoms with van der Waals surface area (Å²) in [7, 11) is 3.21. The van der Waals surface area contributed by atoms with Crippen molar-refractivity contribution in [3.8, 4) is 0 Å². The first-order valence-corrected chi connectivity index (χ1v) is 7.72. The molecule has 2 nitrogen and oxygen atoms in total. The Morgan fingerprint density at radius 3 is 2.33 bits per heavy atom. The molecule has 0 atom stereocenters. The third-order valence-electron chi connectivity index (χ3n) is 2.97. The molecule has 0 aliphatic heterocycles. The molecule has 2 aromatic rings. The molecule has 0 unspecified atom stereocenters. The van der Waals surface area contributed by atoms with Crippen molar-refractivity contribution >= 4 is 23.4 Å². The van der Waals surface area contributed by atoms with Crippen molar-refractivity contribution in [2.45, 2.75) is 16.9 Å². The molecule has 0 saturated heterocycles. The molecule has 112 valence electrons. The third-order valence-corrected chi connectivity index (χ3v) is 4.34. The van der Waals surface area contributed by atoms with E-state index in [1.54, 1.807) is 38.1 Å². The fourth-order valence-corrected chi connectivity index (χ4v) is 2.93. The van der Waals surface area contributed by atoms with Crippen molar-refractivity contribution in [1.82, 2.24) is 0 Å². The minimum atomic E-state index is -0.389. The van der Waals surface area contributed by atoms with Crippen molar-refractivity contribution < 1.29 is 13.9 Å². The van der Waals surface area contributed by atoms with Gasteiger partial charge < -0.3 is 9.47 Å². The first-order valence-electron chi connectivity index (χ1n) is 6.36. The molecule has 0 amide bonds. The molecule has 0 spiro atoms. The number of ether oxygens (including phenoxy) is 2. The van der Waals surface area contributed by atoms with Gasteiger partial charge in [-0.1, -0.05) is 29.8 Å². The molecule has 0 N–H and O–H groups in total. The molecule has 0 saturated carbocycles. The molecule has 0 radical (unpaired) electrons. The molecular formula is C16H16ClFO2S. The summed E-state index contributed by atoms with van der Waals surface area (Å²) in [6, 6.07) is 12.8. The smallest absolute Gasteiger partial charge is 0.183 e. The fraction of sp³-hybridized carbons (Fsp3) is 0.250. The number of rotatable bonds is 6. The maximum absolute atomic E-state index is 13.1. The zero-order valence-corrected chi connectivity index (χ0v) is 13.4. The van der Waals surface area contributed by atoms with Gasteiger partial charge in [0.15, 0.2) is 6.29 Å². The lowest BCUT2D eigenvalue weighted by Gasteiger charge is -2.13. The lowest BCUT2D eigenvalue weighted by molar-refractivity contribution is -0.106. The van der Waals surface area contributed by atoms with Crippen LogP contribution in [0.5, 0.6) is 0 Å². The topological polar surface area (TPSA) is 18.5 Å². The average molecular weight is 327 g/mol. The largest absolute Gasteiger partial charge is 0.352 e. The summed E-state index contributed by atoms with van der Waals surface area (Å²) in [5, 5.41) is 0.159. The highest BCUT2D eigenvalue weighted by Crippen LogP contribution is 2.27. The molecule has 0 aromatic heterocycles. The second-order valence-corrected chi connectivity index (χ2v) is 5.87. The second-order valence-electron chi connectivity index (χ2n) is 4.41. The summed E-state index contributed by atoms with van der Waals surface area (Å²) >= 11 is 7.43. The van der Waals surface area contributed by atoms with Crippen LogP contribution in [-0.4, -0.2) is 14.2 Å². The number of halogens is 2. The van der Waals surface area contributed by atoms with Gasteiger partial charge in [-0.05, 0) is 29.8 Å². The van der Waals surface area contributed by atoms with Gasteiger partial charge in [-0.2, -0.15) is 0 Å². The summed E-state index contributed by atoms with van der Waals surface area (Å²) in [5.41, 5.74) is 1.95. The van der Waals surface area contributed by atoms with E-state index >= 15 is 0 Å². The second kappa shape index (κ2) is 7.80. The lowest BCUT2D eigenvalue weighted by Crippen LogP contribution is -2.02. The SMILES string of the molecule is COC(OC)c1ccc(SCc2ccc(F)c(Cl)c2)cc1. The molecule has 21 heavy (non-hydrogen) atoms. The van der Waals surface area contributed by atoms with Gasteiger partial charge in [0, 0.05) is 30.4 Å². The zero-order chi connectivity index (χ0) is 15.2. The predicted octanol–water partition coefficient (Wildman–Crippen LogP) is 5.06. The minimum absolute atomic E-state index is 0.159. The van der Waals surface area contributed by atoms with Crippen LogP contribution in [0.4, 0.5) is 4.39 Å². The van der Waals surface area contributed by atoms with Crippen LogP contribution in [0.25, 0.3) is 0 Å². The Labute approximate surface area is 133 Å². The van der Waals surface area contributed by atoms with Crippen molar-refractivity contribution in [2.75, 3.05) is 14.2 Å². The Morgan fingerprint density at radius 1 is 1.10 bits per heavy atom. The van der Waals surface area contributed by atoms with Gasteiger partial charge in [0.25, 0.3) is 0 Å². The quantitative estimate of drug-likeness (QED) is 0.546. The molecule has 0 heterocycles. The van der Waals surface area contributed by atoms with Crippen LogP contribution in [0.15, 0.2) is 47.4 Å². The molecule has 0 fully saturated rings. The Bertz CT molecular complexity index is 585. The van der Waals surface area contributed by atoms with E-state index in [0.29, 0.717) is 0 Å². The molecule has 5 heteroatoms. The maximum atomic E-state index is 13.1. The standard InChI is InChI=1S/C16H16ClFO2S/c1-19-16(20-2)12-4-6-13(7-5-12)21-10-11-3-8-15(18)14(17)9-11/h3-9,16H,10H2,1-2H3. The van der Waals surface area contributed by atoms with Crippen LogP contribution in [0.1, 0.15) is 17.4 Å². The molecular weight excluding hydrogens is 311 g/mol. The van der Waals surface area contributed by atoms with Gasteiger partial charge in [-0.15, -0.1) is 11.8 Å². The average Bonchev–Trinajstić information content (AvgIpc) is 2.51. The third kappa shape index (κ3) is 4.45. The number of benzene rings is 2. The van der Waals surface area contributed by atoms with E-state index in [0.717, 1.165) is 21.8 Å². The van der Waals surface area contributed by atoms with Crippen molar-refractivity contribution in [3.63, 3.8) is 0 Å². The number of thioether (sulfide) groups is 1. The number of methoxy groups -OCH3 is 2. The fourth-order valence-electron chi connectivity index (χ4n) is 1.89. The highest BCUT2D eigenvalue weighted by atomic mass is 35.5. The number of hydrogen-bond acceptors (Lipinski definition) is 3. The van der Waals surface area contributed by atoms with Crippen LogP contribution < -0.4 is 0 Å². The van der Waals surface area contributed by atoms with Gasteiger partial charge >= 0.3 is 0 Å². The lowest BCUT2D eigenvalue weighted by atomic mass is 10.2. The van der Waals surface area contributed by atoms with Gasteiger partial charge in [-0.25, -0.2) is 4.39 Å².